The Balaban J connectivity index is 2.15. The molecule has 0 aliphatic carbocycles. The van der Waals surface area contributed by atoms with E-state index < -0.39 is 0 Å². The molecule has 0 aromatic heterocycles. The van der Waals surface area contributed by atoms with Crippen molar-refractivity contribution in [2.75, 3.05) is 19.7 Å². The van der Waals surface area contributed by atoms with Gasteiger partial charge in [-0.05, 0) is 19.1 Å². The second kappa shape index (κ2) is 7.71. The van der Waals surface area contributed by atoms with Gasteiger partial charge in [0.15, 0.2) is 0 Å². The first-order valence-electron chi connectivity index (χ1n) is 5.49. The summed E-state index contributed by atoms with van der Waals surface area (Å²) in [7, 11) is 0. The van der Waals surface area contributed by atoms with Gasteiger partial charge in [0.25, 0.3) is 0 Å². The minimum absolute atomic E-state index is 0.610. The minimum Gasteiger partial charge on any atom is -0.490 e. The summed E-state index contributed by atoms with van der Waals surface area (Å²) >= 11 is 0. The molecule has 1 N–H and O–H groups in total. The molecule has 0 radical (unpaired) electrons. The van der Waals surface area contributed by atoms with Crippen LogP contribution in [0.4, 0.5) is 0 Å². The van der Waals surface area contributed by atoms with Gasteiger partial charge in [-0.1, -0.05) is 35.9 Å². The van der Waals surface area contributed by atoms with E-state index in [9.17, 15) is 0 Å². The summed E-state index contributed by atoms with van der Waals surface area (Å²) < 4.78 is 5.53. The van der Waals surface area contributed by atoms with Crippen LogP contribution in [0.15, 0.2) is 49.1 Å². The zero-order valence-electron chi connectivity index (χ0n) is 9.78. The van der Waals surface area contributed by atoms with Crippen LogP contribution < -0.4 is 10.1 Å². The van der Waals surface area contributed by atoms with Crippen LogP contribution >= 0.6 is 0 Å². The number of benzene rings is 1. The van der Waals surface area contributed by atoms with Crippen molar-refractivity contribution < 1.29 is 4.74 Å². The number of rotatable bonds is 7. The predicted octanol–water partition coefficient (Wildman–Crippen LogP) is 2.71. The Hall–Kier alpha value is -1.54. The molecule has 16 heavy (non-hydrogen) atoms. The molecule has 0 saturated carbocycles. The van der Waals surface area contributed by atoms with Crippen molar-refractivity contribution in [2.24, 2.45) is 0 Å². The molecule has 0 spiro atoms. The van der Waals surface area contributed by atoms with Crippen LogP contribution in [0, 0.1) is 6.92 Å². The lowest BCUT2D eigenvalue weighted by atomic mass is 10.2. The van der Waals surface area contributed by atoms with E-state index in [-0.39, 0.29) is 0 Å². The lowest BCUT2D eigenvalue weighted by molar-refractivity contribution is 0.362. The van der Waals surface area contributed by atoms with Crippen molar-refractivity contribution in [1.82, 2.24) is 5.32 Å². The molecule has 2 heteroatoms. The minimum atomic E-state index is 0.610. The van der Waals surface area contributed by atoms with Crippen LogP contribution in [-0.2, 0) is 0 Å². The van der Waals surface area contributed by atoms with Gasteiger partial charge < -0.3 is 10.1 Å². The molecule has 1 rings (SSSR count). The van der Waals surface area contributed by atoms with E-state index in [1.54, 1.807) is 0 Å². The van der Waals surface area contributed by atoms with Gasteiger partial charge in [-0.25, -0.2) is 0 Å². The van der Waals surface area contributed by atoms with Gasteiger partial charge in [0.1, 0.15) is 12.4 Å². The third-order valence-corrected chi connectivity index (χ3v) is 2.08. The average molecular weight is 217 g/mol. The summed E-state index contributed by atoms with van der Waals surface area (Å²) in [5.74, 6) is 0.911. The van der Waals surface area contributed by atoms with Gasteiger partial charge in [-0.3, -0.25) is 0 Å². The molecule has 1 aromatic carbocycles. The van der Waals surface area contributed by atoms with Crippen LogP contribution in [0.3, 0.4) is 0 Å². The topological polar surface area (TPSA) is 21.3 Å². The Bertz CT molecular complexity index is 327. The summed E-state index contributed by atoms with van der Waals surface area (Å²) in [6.45, 7) is 7.99. The molecule has 0 unspecified atom stereocenters. The number of hydrogen-bond acceptors (Lipinski definition) is 2. The highest BCUT2D eigenvalue weighted by Crippen LogP contribution is 2.10. The molecule has 0 heterocycles. The van der Waals surface area contributed by atoms with Gasteiger partial charge in [-0.2, -0.15) is 0 Å². The summed E-state index contributed by atoms with van der Waals surface area (Å²) in [6, 6.07) is 8.06. The van der Waals surface area contributed by atoms with Crippen molar-refractivity contribution in [3.8, 4) is 5.75 Å². The normalized spacial score (nSPS) is 10.6. The Morgan fingerprint density at radius 2 is 1.94 bits per heavy atom. The van der Waals surface area contributed by atoms with E-state index >= 15 is 0 Å². The molecule has 2 nitrogen and oxygen atoms in total. The van der Waals surface area contributed by atoms with Crippen LogP contribution in [-0.4, -0.2) is 19.7 Å². The fraction of sp³-hybridized carbons (Fsp3) is 0.286. The summed E-state index contributed by atoms with van der Waals surface area (Å²) in [5.41, 5.74) is 1.25. The zero-order chi connectivity index (χ0) is 11.6. The molecule has 0 atom stereocenters. The first-order valence-corrected chi connectivity index (χ1v) is 5.49. The van der Waals surface area contributed by atoms with E-state index in [0.29, 0.717) is 6.61 Å². The van der Waals surface area contributed by atoms with Crippen LogP contribution in [0.1, 0.15) is 5.56 Å². The number of hydrogen-bond donors (Lipinski definition) is 1. The Kier molecular flexibility index (Phi) is 6.04. The molecule has 0 aliphatic heterocycles. The molecule has 0 bridgehead atoms. The highest BCUT2D eigenvalue weighted by atomic mass is 16.5. The van der Waals surface area contributed by atoms with Gasteiger partial charge in [0.2, 0.25) is 0 Å². The number of nitrogens with one attached hydrogen (secondary N) is 1. The van der Waals surface area contributed by atoms with Gasteiger partial charge >= 0.3 is 0 Å². The highest BCUT2D eigenvalue weighted by Gasteiger charge is 1.89. The molecule has 0 aliphatic rings. The lowest BCUT2D eigenvalue weighted by Gasteiger charge is -2.02. The van der Waals surface area contributed by atoms with Crippen molar-refractivity contribution in [3.05, 3.63) is 54.6 Å². The van der Waals surface area contributed by atoms with Crippen molar-refractivity contribution >= 4 is 0 Å². The monoisotopic (exact) mass is 217 g/mol. The molecular weight excluding hydrogens is 198 g/mol. The molecule has 0 saturated heterocycles. The third-order valence-electron chi connectivity index (χ3n) is 2.08. The first kappa shape index (κ1) is 12.5. The maximum absolute atomic E-state index is 5.53. The summed E-state index contributed by atoms with van der Waals surface area (Å²) in [5, 5.41) is 3.18. The van der Waals surface area contributed by atoms with Crippen LogP contribution in [0.25, 0.3) is 0 Å². The maximum atomic E-state index is 5.53. The largest absolute Gasteiger partial charge is 0.490 e. The smallest absolute Gasteiger partial charge is 0.119 e. The van der Waals surface area contributed by atoms with Crippen molar-refractivity contribution in [3.63, 3.8) is 0 Å². The van der Waals surface area contributed by atoms with E-state index in [0.717, 1.165) is 18.8 Å². The fourth-order valence-electron chi connectivity index (χ4n) is 1.20. The zero-order valence-corrected chi connectivity index (χ0v) is 9.78. The highest BCUT2D eigenvalue weighted by molar-refractivity contribution is 5.26. The Morgan fingerprint density at radius 1 is 1.19 bits per heavy atom. The fourth-order valence-corrected chi connectivity index (χ4v) is 1.20. The van der Waals surface area contributed by atoms with Gasteiger partial charge in [-0.15, -0.1) is 6.58 Å². The number of ether oxygens (including phenoxy) is 1. The average Bonchev–Trinajstić information content (AvgIpc) is 2.30. The van der Waals surface area contributed by atoms with Crippen molar-refractivity contribution in [2.45, 2.75) is 6.92 Å². The molecular formula is C14H19NO. The standard InChI is InChI=1S/C14H19NO/c1-3-10-15-11-4-5-12-16-14-8-6-13(2)7-9-14/h3-9,15H,1,10-12H2,2H3/b5-4+. The quantitative estimate of drug-likeness (QED) is 0.560. The second-order valence-electron chi connectivity index (χ2n) is 3.54. The first-order chi connectivity index (χ1) is 7.83. The van der Waals surface area contributed by atoms with Crippen molar-refractivity contribution in [1.29, 1.82) is 0 Å². The lowest BCUT2D eigenvalue weighted by Crippen LogP contribution is -2.12. The molecule has 0 fully saturated rings. The molecule has 0 amide bonds. The molecule has 1 aromatic rings. The van der Waals surface area contributed by atoms with Crippen LogP contribution in [0.2, 0.25) is 0 Å². The van der Waals surface area contributed by atoms with E-state index in [1.165, 1.54) is 5.56 Å². The molecule has 86 valence electrons. The second-order valence-corrected chi connectivity index (χ2v) is 3.54. The SMILES string of the molecule is C=CCNC/C=C/COc1ccc(C)cc1. The van der Waals surface area contributed by atoms with Crippen LogP contribution in [0.5, 0.6) is 5.75 Å². The summed E-state index contributed by atoms with van der Waals surface area (Å²) in [4.78, 5) is 0. The third kappa shape index (κ3) is 5.37. The maximum Gasteiger partial charge on any atom is 0.119 e. The summed E-state index contributed by atoms with van der Waals surface area (Å²) in [6.07, 6.45) is 5.91. The van der Waals surface area contributed by atoms with Gasteiger partial charge in [0, 0.05) is 13.1 Å². The Morgan fingerprint density at radius 3 is 2.62 bits per heavy atom. The predicted molar refractivity (Wildman–Crippen MR) is 68.9 cm³/mol. The van der Waals surface area contributed by atoms with E-state index in [4.69, 9.17) is 4.74 Å². The Labute approximate surface area is 97.6 Å². The van der Waals surface area contributed by atoms with E-state index in [1.807, 2.05) is 36.4 Å². The van der Waals surface area contributed by atoms with E-state index in [2.05, 4.69) is 24.9 Å². The number of aryl methyl sites for hydroxylation is 1. The van der Waals surface area contributed by atoms with Gasteiger partial charge in [0.05, 0.1) is 0 Å².